The van der Waals surface area contributed by atoms with Crippen LogP contribution >= 0.6 is 11.6 Å². The first-order valence-corrected chi connectivity index (χ1v) is 6.94. The van der Waals surface area contributed by atoms with E-state index in [9.17, 15) is 0 Å². The minimum Gasteiger partial charge on any atom is -0.123 e. The van der Waals surface area contributed by atoms with E-state index in [1.54, 1.807) is 0 Å². The molecule has 14 heavy (non-hydrogen) atoms. The summed E-state index contributed by atoms with van der Waals surface area (Å²) in [6, 6.07) is 0. The van der Waals surface area contributed by atoms with Gasteiger partial charge in [-0.3, -0.25) is 0 Å². The molecule has 2 fully saturated rings. The van der Waals surface area contributed by atoms with Gasteiger partial charge in [-0.15, -0.1) is 11.6 Å². The Hall–Kier alpha value is 0.290. The van der Waals surface area contributed by atoms with Crippen LogP contribution in [0.1, 0.15) is 64.2 Å². The highest BCUT2D eigenvalue weighted by Gasteiger charge is 2.29. The normalized spacial score (nSPS) is 27.2. The van der Waals surface area contributed by atoms with Gasteiger partial charge in [-0.2, -0.15) is 0 Å². The van der Waals surface area contributed by atoms with E-state index < -0.39 is 0 Å². The van der Waals surface area contributed by atoms with E-state index in [4.69, 9.17) is 11.6 Å². The maximum Gasteiger partial charge on any atom is 0.0364 e. The van der Waals surface area contributed by atoms with E-state index in [0.717, 1.165) is 11.8 Å². The summed E-state index contributed by atoms with van der Waals surface area (Å²) >= 11 is 6.34. The SMILES string of the molecule is ClC(CCC1CCCCCC1)C1CC1. The third-order valence-electron chi connectivity index (χ3n) is 3.96. The van der Waals surface area contributed by atoms with Crippen molar-refractivity contribution in [2.24, 2.45) is 11.8 Å². The average Bonchev–Trinajstić information content (AvgIpc) is 3.01. The summed E-state index contributed by atoms with van der Waals surface area (Å²) in [5, 5.41) is 0.512. The molecular formula is C13H23Cl. The molecule has 0 aliphatic heterocycles. The predicted molar refractivity (Wildman–Crippen MR) is 62.8 cm³/mol. The van der Waals surface area contributed by atoms with Gasteiger partial charge in [0, 0.05) is 5.38 Å². The van der Waals surface area contributed by atoms with Crippen LogP contribution in [0.15, 0.2) is 0 Å². The van der Waals surface area contributed by atoms with Crippen LogP contribution in [0.2, 0.25) is 0 Å². The molecule has 0 bridgehead atoms. The van der Waals surface area contributed by atoms with Crippen LogP contribution in [0, 0.1) is 11.8 Å². The van der Waals surface area contributed by atoms with Gasteiger partial charge < -0.3 is 0 Å². The first-order chi connectivity index (χ1) is 6.86. The predicted octanol–water partition coefficient (Wildman–Crippen LogP) is 4.75. The zero-order chi connectivity index (χ0) is 9.80. The van der Waals surface area contributed by atoms with Gasteiger partial charge in [-0.1, -0.05) is 38.5 Å². The van der Waals surface area contributed by atoms with Gasteiger partial charge in [0.15, 0.2) is 0 Å². The van der Waals surface area contributed by atoms with Crippen molar-refractivity contribution in [2.75, 3.05) is 0 Å². The highest BCUT2D eigenvalue weighted by molar-refractivity contribution is 6.20. The molecule has 0 aromatic rings. The van der Waals surface area contributed by atoms with Crippen molar-refractivity contribution in [1.29, 1.82) is 0 Å². The molecule has 0 spiro atoms. The van der Waals surface area contributed by atoms with E-state index >= 15 is 0 Å². The molecule has 2 aliphatic carbocycles. The first kappa shape index (κ1) is 10.8. The fourth-order valence-electron chi connectivity index (χ4n) is 2.74. The molecule has 0 saturated heterocycles. The van der Waals surface area contributed by atoms with Gasteiger partial charge in [0.25, 0.3) is 0 Å². The first-order valence-electron chi connectivity index (χ1n) is 6.50. The minimum absolute atomic E-state index is 0.512. The standard InChI is InChI=1S/C13H23Cl/c14-13(12-8-9-12)10-7-11-5-3-1-2-4-6-11/h11-13H,1-10H2. The van der Waals surface area contributed by atoms with Crippen LogP contribution in [0.25, 0.3) is 0 Å². The summed E-state index contributed by atoms with van der Waals surface area (Å²) in [6.07, 6.45) is 14.4. The third kappa shape index (κ3) is 3.46. The number of hydrogen-bond donors (Lipinski definition) is 0. The molecule has 2 saturated carbocycles. The summed E-state index contributed by atoms with van der Waals surface area (Å²) in [5.41, 5.74) is 0. The lowest BCUT2D eigenvalue weighted by atomic mass is 9.93. The summed E-state index contributed by atoms with van der Waals surface area (Å²) in [4.78, 5) is 0. The monoisotopic (exact) mass is 214 g/mol. The maximum absolute atomic E-state index is 6.34. The van der Waals surface area contributed by atoms with Crippen LogP contribution < -0.4 is 0 Å². The summed E-state index contributed by atoms with van der Waals surface area (Å²) < 4.78 is 0. The number of alkyl halides is 1. The van der Waals surface area contributed by atoms with Crippen molar-refractivity contribution in [3.05, 3.63) is 0 Å². The van der Waals surface area contributed by atoms with Crippen molar-refractivity contribution in [2.45, 2.75) is 69.6 Å². The Balaban J connectivity index is 1.62. The Morgan fingerprint density at radius 1 is 0.929 bits per heavy atom. The Morgan fingerprint density at radius 2 is 1.57 bits per heavy atom. The molecule has 1 unspecified atom stereocenters. The summed E-state index contributed by atoms with van der Waals surface area (Å²) in [6.45, 7) is 0. The van der Waals surface area contributed by atoms with E-state index in [1.807, 2.05) is 0 Å². The molecule has 0 radical (unpaired) electrons. The van der Waals surface area contributed by atoms with Crippen LogP contribution in [0.3, 0.4) is 0 Å². The van der Waals surface area contributed by atoms with E-state index in [0.29, 0.717) is 5.38 Å². The molecule has 82 valence electrons. The molecule has 0 aromatic carbocycles. The second-order valence-electron chi connectivity index (χ2n) is 5.29. The zero-order valence-electron chi connectivity index (χ0n) is 9.18. The van der Waals surface area contributed by atoms with Crippen LogP contribution in [0.4, 0.5) is 0 Å². The van der Waals surface area contributed by atoms with E-state index in [1.165, 1.54) is 64.2 Å². The lowest BCUT2D eigenvalue weighted by Gasteiger charge is -2.15. The van der Waals surface area contributed by atoms with Gasteiger partial charge in [0.05, 0.1) is 0 Å². The van der Waals surface area contributed by atoms with Gasteiger partial charge in [0.1, 0.15) is 0 Å². The molecular weight excluding hydrogens is 192 g/mol. The van der Waals surface area contributed by atoms with Gasteiger partial charge in [-0.05, 0) is 37.5 Å². The minimum atomic E-state index is 0.512. The fourth-order valence-corrected chi connectivity index (χ4v) is 3.12. The topological polar surface area (TPSA) is 0 Å². The molecule has 0 amide bonds. The van der Waals surface area contributed by atoms with Gasteiger partial charge in [0.2, 0.25) is 0 Å². The second-order valence-corrected chi connectivity index (χ2v) is 5.85. The number of halogens is 1. The van der Waals surface area contributed by atoms with Crippen molar-refractivity contribution >= 4 is 11.6 Å². The Labute approximate surface area is 93.4 Å². The highest BCUT2D eigenvalue weighted by atomic mass is 35.5. The lowest BCUT2D eigenvalue weighted by molar-refractivity contribution is 0.406. The van der Waals surface area contributed by atoms with E-state index in [2.05, 4.69) is 0 Å². The van der Waals surface area contributed by atoms with Crippen molar-refractivity contribution in [1.82, 2.24) is 0 Å². The van der Waals surface area contributed by atoms with Crippen molar-refractivity contribution < 1.29 is 0 Å². The number of hydrogen-bond acceptors (Lipinski definition) is 0. The molecule has 0 aromatic heterocycles. The highest BCUT2D eigenvalue weighted by Crippen LogP contribution is 2.39. The van der Waals surface area contributed by atoms with Crippen molar-refractivity contribution in [3.8, 4) is 0 Å². The van der Waals surface area contributed by atoms with Gasteiger partial charge >= 0.3 is 0 Å². The summed E-state index contributed by atoms with van der Waals surface area (Å²) in [5.74, 6) is 1.90. The Kier molecular flexibility index (Phi) is 4.16. The average molecular weight is 215 g/mol. The molecule has 0 heterocycles. The quantitative estimate of drug-likeness (QED) is 0.468. The Morgan fingerprint density at radius 3 is 2.14 bits per heavy atom. The van der Waals surface area contributed by atoms with Gasteiger partial charge in [-0.25, -0.2) is 0 Å². The zero-order valence-corrected chi connectivity index (χ0v) is 9.94. The van der Waals surface area contributed by atoms with Crippen LogP contribution in [0.5, 0.6) is 0 Å². The second kappa shape index (κ2) is 5.39. The van der Waals surface area contributed by atoms with Crippen LogP contribution in [-0.2, 0) is 0 Å². The molecule has 1 heteroatoms. The molecule has 2 rings (SSSR count). The Bertz CT molecular complexity index is 155. The largest absolute Gasteiger partial charge is 0.123 e. The maximum atomic E-state index is 6.34. The molecule has 0 nitrogen and oxygen atoms in total. The summed E-state index contributed by atoms with van der Waals surface area (Å²) in [7, 11) is 0. The fraction of sp³-hybridized carbons (Fsp3) is 1.00. The van der Waals surface area contributed by atoms with E-state index in [-0.39, 0.29) is 0 Å². The molecule has 0 N–H and O–H groups in total. The van der Waals surface area contributed by atoms with Crippen molar-refractivity contribution in [3.63, 3.8) is 0 Å². The third-order valence-corrected chi connectivity index (χ3v) is 4.53. The van der Waals surface area contributed by atoms with Crippen LogP contribution in [-0.4, -0.2) is 5.38 Å². The number of rotatable bonds is 4. The molecule has 1 atom stereocenters. The lowest BCUT2D eigenvalue weighted by Crippen LogP contribution is -2.06. The molecule has 2 aliphatic rings. The smallest absolute Gasteiger partial charge is 0.0364 e.